The Morgan fingerprint density at radius 3 is 2.03 bits per heavy atom. The Bertz CT molecular complexity index is 1230. The molecule has 162 valence electrons. The predicted octanol–water partition coefficient (Wildman–Crippen LogP) is 5.43. The van der Waals surface area contributed by atoms with E-state index < -0.39 is 5.97 Å². The smallest absolute Gasteiger partial charge is 0.360 e. The molecule has 4 rings (SSSR count). The van der Waals surface area contributed by atoms with E-state index in [1.807, 2.05) is 60.7 Å². The summed E-state index contributed by atoms with van der Waals surface area (Å²) in [6.07, 6.45) is 0. The summed E-state index contributed by atoms with van der Waals surface area (Å²) < 4.78 is 17.1. The maximum Gasteiger partial charge on any atom is 0.360 e. The highest BCUT2D eigenvalue weighted by atomic mass is 35.5. The van der Waals surface area contributed by atoms with Gasteiger partial charge in [-0.1, -0.05) is 77.4 Å². The first kappa shape index (κ1) is 21.3. The van der Waals surface area contributed by atoms with Crippen molar-refractivity contribution in [2.75, 3.05) is 5.73 Å². The number of hydrogen-bond donors (Lipinski definition) is 2. The molecule has 1 aromatic heterocycles. The Morgan fingerprint density at radius 1 is 0.938 bits per heavy atom. The van der Waals surface area contributed by atoms with Gasteiger partial charge in [0.15, 0.2) is 5.76 Å². The van der Waals surface area contributed by atoms with Crippen molar-refractivity contribution in [3.63, 3.8) is 0 Å². The molecule has 0 aliphatic rings. The topological polar surface area (TPSA) is 108 Å². The fourth-order valence-electron chi connectivity index (χ4n) is 3.06. The molecular formula is C24H19ClN2O5. The normalized spacial score (nSPS) is 10.7. The largest absolute Gasteiger partial charge is 0.488 e. The number of carboxylic acid groups (broad SMARTS) is 1. The number of halogens is 1. The van der Waals surface area contributed by atoms with E-state index in [9.17, 15) is 9.90 Å². The van der Waals surface area contributed by atoms with E-state index in [4.69, 9.17) is 31.3 Å². The highest BCUT2D eigenvalue weighted by Gasteiger charge is 2.24. The van der Waals surface area contributed by atoms with Crippen molar-refractivity contribution in [2.45, 2.75) is 13.2 Å². The molecule has 0 saturated heterocycles. The second-order valence-electron chi connectivity index (χ2n) is 6.91. The number of hydrogen-bond acceptors (Lipinski definition) is 6. The van der Waals surface area contributed by atoms with Gasteiger partial charge in [-0.15, -0.1) is 0 Å². The molecule has 0 aliphatic heterocycles. The highest BCUT2D eigenvalue weighted by molar-refractivity contribution is 6.32. The van der Waals surface area contributed by atoms with Crippen LogP contribution in [0.3, 0.4) is 0 Å². The number of carbonyl (C=O) groups is 1. The highest BCUT2D eigenvalue weighted by Crippen LogP contribution is 2.42. The Hall–Kier alpha value is -3.97. The van der Waals surface area contributed by atoms with Crippen LogP contribution in [0.25, 0.3) is 11.3 Å². The maximum absolute atomic E-state index is 11.3. The molecule has 1 heterocycles. The number of nitrogen functional groups attached to an aromatic ring is 1. The summed E-state index contributed by atoms with van der Waals surface area (Å²) in [5, 5.41) is 13.1. The zero-order valence-corrected chi connectivity index (χ0v) is 17.6. The van der Waals surface area contributed by atoms with Crippen molar-refractivity contribution >= 4 is 23.3 Å². The third-order valence-corrected chi connectivity index (χ3v) is 4.98. The van der Waals surface area contributed by atoms with Crippen LogP contribution in [0, 0.1) is 0 Å². The monoisotopic (exact) mass is 450 g/mol. The number of nitrogens with two attached hydrogens (primary N) is 1. The maximum atomic E-state index is 11.3. The van der Waals surface area contributed by atoms with Gasteiger partial charge in [-0.05, 0) is 17.2 Å². The van der Waals surface area contributed by atoms with Gasteiger partial charge < -0.3 is 24.8 Å². The molecule has 0 radical (unpaired) electrons. The van der Waals surface area contributed by atoms with E-state index in [1.54, 1.807) is 12.1 Å². The first-order valence-corrected chi connectivity index (χ1v) is 10.1. The number of aromatic nitrogens is 1. The van der Waals surface area contributed by atoms with Gasteiger partial charge in [0, 0.05) is 6.07 Å². The minimum Gasteiger partial charge on any atom is -0.488 e. The molecule has 0 atom stereocenters. The quantitative estimate of drug-likeness (QED) is 0.368. The van der Waals surface area contributed by atoms with Crippen LogP contribution < -0.4 is 15.2 Å². The van der Waals surface area contributed by atoms with Gasteiger partial charge in [-0.2, -0.15) is 0 Å². The number of anilines is 1. The minimum absolute atomic E-state index is 0.0574. The Labute approximate surface area is 188 Å². The average molecular weight is 451 g/mol. The molecule has 0 fully saturated rings. The standard InChI is InChI=1S/C24H19ClN2O5/c25-18-11-17(23-21(26)22(24(28)29)27-32-23)19(30-13-15-7-3-1-4-8-15)12-20(18)31-14-16-9-5-2-6-10-16/h1-12H,13-14,26H2,(H,28,29). The average Bonchev–Trinajstić information content (AvgIpc) is 3.20. The summed E-state index contributed by atoms with van der Waals surface area (Å²) in [7, 11) is 0. The predicted molar refractivity (Wildman–Crippen MR) is 120 cm³/mol. The molecule has 7 nitrogen and oxygen atoms in total. The number of benzene rings is 3. The second-order valence-corrected chi connectivity index (χ2v) is 7.31. The van der Waals surface area contributed by atoms with Crippen LogP contribution in [0.1, 0.15) is 21.6 Å². The van der Waals surface area contributed by atoms with Gasteiger partial charge in [0.25, 0.3) is 0 Å². The number of nitrogens with zero attached hydrogens (tertiary/aromatic N) is 1. The summed E-state index contributed by atoms with van der Waals surface area (Å²) in [5.74, 6) is -0.472. The molecule has 0 spiro atoms. The van der Waals surface area contributed by atoms with Gasteiger partial charge in [0.1, 0.15) is 30.4 Å². The van der Waals surface area contributed by atoms with Crippen molar-refractivity contribution in [3.05, 3.63) is 94.6 Å². The van der Waals surface area contributed by atoms with Crippen LogP contribution >= 0.6 is 11.6 Å². The first-order valence-electron chi connectivity index (χ1n) is 9.68. The first-order chi connectivity index (χ1) is 15.5. The molecule has 3 aromatic carbocycles. The van der Waals surface area contributed by atoms with Crippen LogP contribution in [0.2, 0.25) is 5.02 Å². The van der Waals surface area contributed by atoms with Crippen LogP contribution in [0.15, 0.2) is 77.3 Å². The van der Waals surface area contributed by atoms with E-state index >= 15 is 0 Å². The Kier molecular flexibility index (Phi) is 6.28. The number of rotatable bonds is 8. The summed E-state index contributed by atoms with van der Waals surface area (Å²) in [4.78, 5) is 11.3. The molecule has 0 unspecified atom stereocenters. The van der Waals surface area contributed by atoms with E-state index in [-0.39, 0.29) is 28.8 Å². The lowest BCUT2D eigenvalue weighted by Crippen LogP contribution is -2.02. The Balaban J connectivity index is 1.69. The number of ether oxygens (including phenoxy) is 2. The van der Waals surface area contributed by atoms with Crippen LogP contribution in [0.4, 0.5) is 5.69 Å². The van der Waals surface area contributed by atoms with Crippen LogP contribution in [-0.4, -0.2) is 16.2 Å². The molecule has 0 amide bonds. The fourth-order valence-corrected chi connectivity index (χ4v) is 3.28. The molecule has 0 bridgehead atoms. The molecule has 8 heteroatoms. The molecular weight excluding hydrogens is 432 g/mol. The van der Waals surface area contributed by atoms with Gasteiger partial charge >= 0.3 is 5.97 Å². The van der Waals surface area contributed by atoms with E-state index in [2.05, 4.69) is 5.16 Å². The lowest BCUT2D eigenvalue weighted by Gasteiger charge is -2.15. The summed E-state index contributed by atoms with van der Waals surface area (Å²) in [6.45, 7) is 0.569. The Morgan fingerprint density at radius 2 is 1.50 bits per heavy atom. The molecule has 32 heavy (non-hydrogen) atoms. The van der Waals surface area contributed by atoms with Crippen molar-refractivity contribution < 1.29 is 23.9 Å². The third-order valence-electron chi connectivity index (χ3n) is 4.68. The lowest BCUT2D eigenvalue weighted by molar-refractivity contribution is 0.0687. The zero-order valence-electron chi connectivity index (χ0n) is 16.8. The molecule has 3 N–H and O–H groups in total. The van der Waals surface area contributed by atoms with Gasteiger partial charge in [0.05, 0.1) is 10.6 Å². The summed E-state index contributed by atoms with van der Waals surface area (Å²) in [5.41, 5.74) is 7.76. The van der Waals surface area contributed by atoms with Crippen molar-refractivity contribution in [1.82, 2.24) is 5.16 Å². The lowest BCUT2D eigenvalue weighted by atomic mass is 10.1. The summed E-state index contributed by atoms with van der Waals surface area (Å²) >= 11 is 6.46. The van der Waals surface area contributed by atoms with Gasteiger partial charge in [-0.3, -0.25) is 0 Å². The SMILES string of the molecule is Nc1c(C(=O)O)noc1-c1cc(Cl)c(OCc2ccccc2)cc1OCc1ccccc1. The van der Waals surface area contributed by atoms with Crippen molar-refractivity contribution in [1.29, 1.82) is 0 Å². The number of carboxylic acids is 1. The van der Waals surface area contributed by atoms with E-state index in [0.717, 1.165) is 11.1 Å². The van der Waals surface area contributed by atoms with Gasteiger partial charge in [0.2, 0.25) is 5.69 Å². The van der Waals surface area contributed by atoms with Crippen LogP contribution in [-0.2, 0) is 13.2 Å². The van der Waals surface area contributed by atoms with Crippen molar-refractivity contribution in [2.24, 2.45) is 0 Å². The van der Waals surface area contributed by atoms with Crippen molar-refractivity contribution in [3.8, 4) is 22.8 Å². The number of aromatic carboxylic acids is 1. The second kappa shape index (κ2) is 9.45. The summed E-state index contributed by atoms with van der Waals surface area (Å²) in [6, 6.07) is 22.4. The molecule has 4 aromatic rings. The third kappa shape index (κ3) is 4.68. The van der Waals surface area contributed by atoms with Gasteiger partial charge in [-0.25, -0.2) is 4.79 Å². The fraction of sp³-hybridized carbons (Fsp3) is 0.0833. The minimum atomic E-state index is -1.29. The van der Waals surface area contributed by atoms with Crippen LogP contribution in [0.5, 0.6) is 11.5 Å². The van der Waals surface area contributed by atoms with E-state index in [1.165, 1.54) is 0 Å². The zero-order chi connectivity index (χ0) is 22.5. The van der Waals surface area contributed by atoms with E-state index in [0.29, 0.717) is 23.7 Å². The molecule has 0 saturated carbocycles. The molecule has 0 aliphatic carbocycles.